The van der Waals surface area contributed by atoms with Gasteiger partial charge in [0.15, 0.2) is 0 Å². The van der Waals surface area contributed by atoms with Crippen molar-refractivity contribution in [1.82, 2.24) is 4.98 Å². The summed E-state index contributed by atoms with van der Waals surface area (Å²) in [6.45, 7) is 4.64. The molecule has 0 saturated carbocycles. The zero-order chi connectivity index (χ0) is 14.5. The van der Waals surface area contributed by atoms with Crippen LogP contribution in [0.2, 0.25) is 5.02 Å². The number of carbonyl (C=O) groups is 1. The van der Waals surface area contributed by atoms with E-state index in [9.17, 15) is 4.79 Å². The van der Waals surface area contributed by atoms with E-state index in [2.05, 4.69) is 15.6 Å². The van der Waals surface area contributed by atoms with E-state index in [1.165, 1.54) is 0 Å². The molecule has 2 aromatic rings. The lowest BCUT2D eigenvalue weighted by molar-refractivity contribution is 0.102. The molecule has 2 rings (SSSR count). The first-order valence-electron chi connectivity index (χ1n) is 6.37. The van der Waals surface area contributed by atoms with Crippen LogP contribution in [0.15, 0.2) is 36.5 Å². The van der Waals surface area contributed by atoms with Crippen LogP contribution in [0.1, 0.15) is 22.8 Å². The predicted molar refractivity (Wildman–Crippen MR) is 82.5 cm³/mol. The number of amides is 1. The minimum absolute atomic E-state index is 0.236. The first kappa shape index (κ1) is 14.3. The van der Waals surface area contributed by atoms with Crippen LogP contribution in [0, 0.1) is 6.92 Å². The molecular formula is C15H16ClN3O. The Hall–Kier alpha value is -2.07. The second-order valence-electron chi connectivity index (χ2n) is 4.40. The minimum atomic E-state index is -0.236. The number of carbonyl (C=O) groups excluding carboxylic acids is 1. The summed E-state index contributed by atoms with van der Waals surface area (Å²) in [6.07, 6.45) is 1.71. The number of aromatic nitrogens is 1. The molecule has 1 aromatic carbocycles. The second-order valence-corrected chi connectivity index (χ2v) is 4.83. The van der Waals surface area contributed by atoms with E-state index in [1.54, 1.807) is 30.5 Å². The zero-order valence-corrected chi connectivity index (χ0v) is 12.2. The Kier molecular flexibility index (Phi) is 4.58. The average molecular weight is 290 g/mol. The standard InChI is InChI=1S/C15H16ClN3O/c1-3-17-13-6-5-11(16)8-12(13)15(20)19-14-7-4-10(2)9-18-14/h4-9,17H,3H2,1-2H3,(H,18,19,20). The van der Waals surface area contributed by atoms with Crippen LogP contribution >= 0.6 is 11.6 Å². The average Bonchev–Trinajstić information content (AvgIpc) is 2.43. The molecule has 0 spiro atoms. The highest BCUT2D eigenvalue weighted by Gasteiger charge is 2.12. The van der Waals surface area contributed by atoms with Crippen LogP contribution in [-0.2, 0) is 0 Å². The third-order valence-electron chi connectivity index (χ3n) is 2.75. The molecular weight excluding hydrogens is 274 g/mol. The van der Waals surface area contributed by atoms with Gasteiger partial charge in [-0.15, -0.1) is 0 Å². The lowest BCUT2D eigenvalue weighted by Crippen LogP contribution is -2.15. The Bertz CT molecular complexity index is 611. The second kappa shape index (κ2) is 6.39. The van der Waals surface area contributed by atoms with Crippen molar-refractivity contribution >= 4 is 29.0 Å². The summed E-state index contributed by atoms with van der Waals surface area (Å²) >= 11 is 5.96. The summed E-state index contributed by atoms with van der Waals surface area (Å²) in [5.41, 5.74) is 2.29. The van der Waals surface area contributed by atoms with Gasteiger partial charge in [0.2, 0.25) is 0 Å². The SMILES string of the molecule is CCNc1ccc(Cl)cc1C(=O)Nc1ccc(C)cn1. The number of pyridine rings is 1. The van der Waals surface area contributed by atoms with Gasteiger partial charge in [0.1, 0.15) is 5.82 Å². The molecule has 0 aliphatic rings. The molecule has 1 amide bonds. The van der Waals surface area contributed by atoms with Crippen LogP contribution in [-0.4, -0.2) is 17.4 Å². The molecule has 1 heterocycles. The summed E-state index contributed by atoms with van der Waals surface area (Å²) < 4.78 is 0. The van der Waals surface area contributed by atoms with Crippen LogP contribution < -0.4 is 10.6 Å². The molecule has 104 valence electrons. The number of anilines is 2. The van der Waals surface area contributed by atoms with E-state index >= 15 is 0 Å². The normalized spacial score (nSPS) is 10.2. The van der Waals surface area contributed by atoms with Crippen molar-refractivity contribution in [1.29, 1.82) is 0 Å². The first-order valence-corrected chi connectivity index (χ1v) is 6.75. The minimum Gasteiger partial charge on any atom is -0.385 e. The molecule has 0 bridgehead atoms. The Labute approximate surface area is 123 Å². The van der Waals surface area contributed by atoms with Gasteiger partial charge in [-0.2, -0.15) is 0 Å². The number of benzene rings is 1. The number of rotatable bonds is 4. The topological polar surface area (TPSA) is 54.0 Å². The van der Waals surface area contributed by atoms with Crippen LogP contribution in [0.25, 0.3) is 0 Å². The van der Waals surface area contributed by atoms with Crippen molar-refractivity contribution in [2.75, 3.05) is 17.2 Å². The zero-order valence-electron chi connectivity index (χ0n) is 11.4. The van der Waals surface area contributed by atoms with Crippen molar-refractivity contribution in [3.05, 3.63) is 52.7 Å². The summed E-state index contributed by atoms with van der Waals surface area (Å²) in [5.74, 6) is 0.280. The van der Waals surface area contributed by atoms with Gasteiger partial charge in [-0.05, 0) is 43.7 Å². The third-order valence-corrected chi connectivity index (χ3v) is 2.98. The highest BCUT2D eigenvalue weighted by Crippen LogP contribution is 2.21. The quantitative estimate of drug-likeness (QED) is 0.902. The van der Waals surface area contributed by atoms with Crippen LogP contribution in [0.5, 0.6) is 0 Å². The van der Waals surface area contributed by atoms with Gasteiger partial charge < -0.3 is 10.6 Å². The van der Waals surface area contributed by atoms with Crippen molar-refractivity contribution < 1.29 is 4.79 Å². The third kappa shape index (κ3) is 3.48. The maximum Gasteiger partial charge on any atom is 0.258 e. The molecule has 0 radical (unpaired) electrons. The molecule has 0 aliphatic carbocycles. The Balaban J connectivity index is 2.23. The van der Waals surface area contributed by atoms with E-state index in [0.717, 1.165) is 17.8 Å². The van der Waals surface area contributed by atoms with Gasteiger partial charge in [0.05, 0.1) is 5.56 Å². The number of aryl methyl sites for hydroxylation is 1. The van der Waals surface area contributed by atoms with E-state index in [1.807, 2.05) is 19.9 Å². The highest BCUT2D eigenvalue weighted by molar-refractivity contribution is 6.31. The predicted octanol–water partition coefficient (Wildman–Crippen LogP) is 3.73. The van der Waals surface area contributed by atoms with Crippen molar-refractivity contribution in [3.8, 4) is 0 Å². The maximum atomic E-state index is 12.3. The molecule has 0 unspecified atom stereocenters. The summed E-state index contributed by atoms with van der Waals surface area (Å²) in [5, 5.41) is 6.42. The molecule has 1 aromatic heterocycles. The summed E-state index contributed by atoms with van der Waals surface area (Å²) in [7, 11) is 0. The maximum absolute atomic E-state index is 12.3. The Morgan fingerprint density at radius 2 is 2.10 bits per heavy atom. The summed E-state index contributed by atoms with van der Waals surface area (Å²) in [4.78, 5) is 16.5. The largest absolute Gasteiger partial charge is 0.385 e. The van der Waals surface area contributed by atoms with Gasteiger partial charge in [-0.25, -0.2) is 4.98 Å². The van der Waals surface area contributed by atoms with E-state index in [-0.39, 0.29) is 5.91 Å². The highest BCUT2D eigenvalue weighted by atomic mass is 35.5. The number of nitrogens with zero attached hydrogens (tertiary/aromatic N) is 1. The fourth-order valence-electron chi connectivity index (χ4n) is 1.77. The van der Waals surface area contributed by atoms with Gasteiger partial charge in [0, 0.05) is 23.5 Å². The van der Waals surface area contributed by atoms with Crippen molar-refractivity contribution in [2.24, 2.45) is 0 Å². The fraction of sp³-hybridized carbons (Fsp3) is 0.200. The number of halogens is 1. The lowest BCUT2D eigenvalue weighted by atomic mass is 10.1. The fourth-order valence-corrected chi connectivity index (χ4v) is 1.95. The summed E-state index contributed by atoms with van der Waals surface area (Å²) in [6, 6.07) is 8.85. The monoisotopic (exact) mass is 289 g/mol. The van der Waals surface area contributed by atoms with Crippen LogP contribution in [0.3, 0.4) is 0 Å². The molecule has 5 heteroatoms. The van der Waals surface area contributed by atoms with Gasteiger partial charge in [-0.3, -0.25) is 4.79 Å². The molecule has 0 fully saturated rings. The number of hydrogen-bond acceptors (Lipinski definition) is 3. The number of nitrogens with one attached hydrogen (secondary N) is 2. The molecule has 4 nitrogen and oxygen atoms in total. The van der Waals surface area contributed by atoms with E-state index < -0.39 is 0 Å². The lowest BCUT2D eigenvalue weighted by Gasteiger charge is -2.11. The van der Waals surface area contributed by atoms with Gasteiger partial charge in [0.25, 0.3) is 5.91 Å². The molecule has 0 atom stereocenters. The number of hydrogen-bond donors (Lipinski definition) is 2. The van der Waals surface area contributed by atoms with Gasteiger partial charge >= 0.3 is 0 Å². The Morgan fingerprint density at radius 3 is 2.75 bits per heavy atom. The molecule has 0 saturated heterocycles. The van der Waals surface area contributed by atoms with Crippen LogP contribution in [0.4, 0.5) is 11.5 Å². The smallest absolute Gasteiger partial charge is 0.258 e. The van der Waals surface area contributed by atoms with Crippen molar-refractivity contribution in [3.63, 3.8) is 0 Å². The van der Waals surface area contributed by atoms with E-state index in [4.69, 9.17) is 11.6 Å². The van der Waals surface area contributed by atoms with Gasteiger partial charge in [-0.1, -0.05) is 17.7 Å². The Morgan fingerprint density at radius 1 is 1.30 bits per heavy atom. The van der Waals surface area contributed by atoms with E-state index in [0.29, 0.717) is 16.4 Å². The molecule has 2 N–H and O–H groups in total. The van der Waals surface area contributed by atoms with Crippen molar-refractivity contribution in [2.45, 2.75) is 13.8 Å². The first-order chi connectivity index (χ1) is 9.60. The molecule has 20 heavy (non-hydrogen) atoms. The molecule has 0 aliphatic heterocycles.